The molecular weight excluding hydrogens is 334 g/mol. The molecule has 1 amide bonds. The average Bonchev–Trinajstić information content (AvgIpc) is 2.71. The van der Waals surface area contributed by atoms with Crippen molar-refractivity contribution in [2.75, 3.05) is 6.61 Å². The molecule has 0 aromatic heterocycles. The van der Waals surface area contributed by atoms with E-state index >= 15 is 0 Å². The number of β-lactam (4-membered cyclic amide) rings is 1. The van der Waals surface area contributed by atoms with E-state index in [1.807, 2.05) is 6.92 Å². The van der Waals surface area contributed by atoms with E-state index in [-0.39, 0.29) is 36.3 Å². The Morgan fingerprint density at radius 1 is 1.52 bits per heavy atom. The van der Waals surface area contributed by atoms with Gasteiger partial charge in [-0.05, 0) is 32.0 Å². The smallest absolute Gasteiger partial charge is 0.353 e. The number of hydrogen-bond acceptors (Lipinski definition) is 5. The third-order valence-corrected chi connectivity index (χ3v) is 5.88. The van der Waals surface area contributed by atoms with Crippen LogP contribution < -0.4 is 0 Å². The van der Waals surface area contributed by atoms with Crippen LogP contribution in [0.15, 0.2) is 22.1 Å². The standard InChI is InChI=1S/C15H23NO5SSi/c1-9(21-23(2,3)4)12-10-8-11(22-7-5-6-17)13(15(19)20)16(10)14(12)18/h5,7,9-10,12,17H,6,8H2,1-4H3,(H,19,20)/t9-,10-,12-/m1/s1. The Morgan fingerprint density at radius 2 is 2.17 bits per heavy atom. The summed E-state index contributed by atoms with van der Waals surface area (Å²) in [6.07, 6.45) is 1.86. The third-order valence-electron chi connectivity index (χ3n) is 3.83. The molecular formula is C15H23NO5SSi. The number of aliphatic carboxylic acids is 1. The highest BCUT2D eigenvalue weighted by Gasteiger charge is 2.57. The normalized spacial score (nSPS) is 25.8. The summed E-state index contributed by atoms with van der Waals surface area (Å²) >= 11 is 1.25. The zero-order chi connectivity index (χ0) is 17.4. The van der Waals surface area contributed by atoms with Gasteiger partial charge >= 0.3 is 5.97 Å². The second-order valence-electron chi connectivity index (χ2n) is 6.69. The summed E-state index contributed by atoms with van der Waals surface area (Å²) in [5.74, 6) is -1.53. The van der Waals surface area contributed by atoms with Crippen LogP contribution in [-0.2, 0) is 14.0 Å². The molecule has 0 aliphatic carbocycles. The first kappa shape index (κ1) is 18.2. The summed E-state index contributed by atoms with van der Waals surface area (Å²) in [5.41, 5.74) is 0.0732. The lowest BCUT2D eigenvalue weighted by atomic mass is 9.83. The maximum absolute atomic E-state index is 12.5. The van der Waals surface area contributed by atoms with Crippen LogP contribution in [-0.4, -0.2) is 54.1 Å². The van der Waals surface area contributed by atoms with Gasteiger partial charge in [-0.3, -0.25) is 4.79 Å². The first-order valence-corrected chi connectivity index (χ1v) is 11.9. The predicted molar refractivity (Wildman–Crippen MR) is 91.1 cm³/mol. The van der Waals surface area contributed by atoms with E-state index in [1.54, 1.807) is 11.5 Å². The number of fused-ring (bicyclic) bond motifs is 1. The lowest BCUT2D eigenvalue weighted by molar-refractivity contribution is -0.160. The molecule has 0 unspecified atom stereocenters. The highest BCUT2D eigenvalue weighted by molar-refractivity contribution is 8.05. The highest BCUT2D eigenvalue weighted by Crippen LogP contribution is 2.47. The zero-order valence-corrected chi connectivity index (χ0v) is 15.6. The van der Waals surface area contributed by atoms with Gasteiger partial charge in [0.2, 0.25) is 5.91 Å². The van der Waals surface area contributed by atoms with Crippen LogP contribution in [0.4, 0.5) is 0 Å². The number of aliphatic hydroxyl groups excluding tert-OH is 1. The van der Waals surface area contributed by atoms with Crippen LogP contribution in [0.25, 0.3) is 0 Å². The molecule has 0 bridgehead atoms. The number of carboxylic acids is 1. The number of nitrogens with zero attached hydrogens (tertiary/aromatic N) is 1. The van der Waals surface area contributed by atoms with Crippen molar-refractivity contribution in [1.82, 2.24) is 4.90 Å². The van der Waals surface area contributed by atoms with Crippen LogP contribution in [0, 0.1) is 5.92 Å². The Kier molecular flexibility index (Phi) is 5.39. The summed E-state index contributed by atoms with van der Waals surface area (Å²) in [4.78, 5) is 26.0. The molecule has 8 heteroatoms. The molecule has 2 aliphatic heterocycles. The average molecular weight is 358 g/mol. The molecule has 0 radical (unpaired) electrons. The first-order chi connectivity index (χ1) is 10.7. The molecule has 0 aromatic rings. The first-order valence-electron chi connectivity index (χ1n) is 7.57. The molecule has 2 heterocycles. The lowest BCUT2D eigenvalue weighted by Crippen LogP contribution is -2.63. The van der Waals surface area contributed by atoms with Crippen molar-refractivity contribution in [3.63, 3.8) is 0 Å². The fourth-order valence-electron chi connectivity index (χ4n) is 3.13. The molecule has 23 heavy (non-hydrogen) atoms. The van der Waals surface area contributed by atoms with Crippen molar-refractivity contribution in [1.29, 1.82) is 0 Å². The number of carboxylic acid groups (broad SMARTS) is 1. The van der Waals surface area contributed by atoms with Crippen molar-refractivity contribution in [2.45, 2.75) is 45.1 Å². The number of carbonyl (C=O) groups is 2. The Balaban J connectivity index is 2.15. The van der Waals surface area contributed by atoms with Crippen molar-refractivity contribution < 1.29 is 24.2 Å². The number of carbonyl (C=O) groups excluding carboxylic acids is 1. The largest absolute Gasteiger partial charge is 0.477 e. The van der Waals surface area contributed by atoms with Crippen molar-refractivity contribution in [3.8, 4) is 0 Å². The molecule has 3 atom stereocenters. The van der Waals surface area contributed by atoms with Gasteiger partial charge in [-0.2, -0.15) is 0 Å². The summed E-state index contributed by atoms with van der Waals surface area (Å²) in [7, 11) is -1.77. The minimum atomic E-state index is -1.77. The summed E-state index contributed by atoms with van der Waals surface area (Å²) in [5, 5.41) is 19.9. The minimum Gasteiger partial charge on any atom is -0.477 e. The summed E-state index contributed by atoms with van der Waals surface area (Å²) < 4.78 is 6.02. The number of amides is 1. The monoisotopic (exact) mass is 357 g/mol. The highest BCUT2D eigenvalue weighted by atomic mass is 32.2. The molecule has 1 fully saturated rings. The molecule has 0 spiro atoms. The second kappa shape index (κ2) is 6.80. The molecule has 0 saturated carbocycles. The zero-order valence-electron chi connectivity index (χ0n) is 13.8. The van der Waals surface area contributed by atoms with E-state index < -0.39 is 14.3 Å². The van der Waals surface area contributed by atoms with Crippen LogP contribution in [0.2, 0.25) is 19.6 Å². The maximum atomic E-state index is 12.5. The summed E-state index contributed by atoms with van der Waals surface area (Å²) in [6.45, 7) is 8.01. The third kappa shape index (κ3) is 3.71. The van der Waals surface area contributed by atoms with Gasteiger partial charge in [0.15, 0.2) is 8.32 Å². The van der Waals surface area contributed by atoms with E-state index in [2.05, 4.69) is 19.6 Å². The quantitative estimate of drug-likeness (QED) is 0.535. The minimum absolute atomic E-state index is 0.0732. The molecule has 2 aliphatic rings. The molecule has 6 nitrogen and oxygen atoms in total. The molecule has 128 valence electrons. The number of rotatable bonds is 7. The van der Waals surface area contributed by atoms with Gasteiger partial charge in [0.25, 0.3) is 0 Å². The molecule has 2 rings (SSSR count). The van der Waals surface area contributed by atoms with Crippen molar-refractivity contribution >= 4 is 32.0 Å². The SMILES string of the molecule is C[C@@H](O[Si](C)(C)C)[C@H]1C(=O)N2C(C(=O)O)=C(SC=CCO)C[C@H]12. The van der Waals surface area contributed by atoms with Gasteiger partial charge in [0.1, 0.15) is 5.70 Å². The summed E-state index contributed by atoms with van der Waals surface area (Å²) in [6, 6.07) is -0.134. The number of thioether (sulfide) groups is 1. The van der Waals surface area contributed by atoms with Gasteiger partial charge in [-0.1, -0.05) is 6.08 Å². The Labute approximate surface area is 141 Å². The fraction of sp³-hybridized carbons (Fsp3) is 0.600. The van der Waals surface area contributed by atoms with Crippen LogP contribution >= 0.6 is 11.8 Å². The van der Waals surface area contributed by atoms with Crippen LogP contribution in [0.5, 0.6) is 0 Å². The van der Waals surface area contributed by atoms with Crippen LogP contribution in [0.3, 0.4) is 0 Å². The second-order valence-corrected chi connectivity index (χ2v) is 12.2. The van der Waals surface area contributed by atoms with Gasteiger partial charge in [0.05, 0.1) is 24.7 Å². The molecule has 1 saturated heterocycles. The Hall–Kier alpha value is -1.09. The van der Waals surface area contributed by atoms with Gasteiger partial charge in [-0.15, -0.1) is 11.8 Å². The lowest BCUT2D eigenvalue weighted by Gasteiger charge is -2.46. The van der Waals surface area contributed by atoms with E-state index in [0.717, 1.165) is 0 Å². The fourth-order valence-corrected chi connectivity index (χ4v) is 5.30. The van der Waals surface area contributed by atoms with Crippen molar-refractivity contribution in [2.24, 2.45) is 5.92 Å². The van der Waals surface area contributed by atoms with Gasteiger partial charge < -0.3 is 19.5 Å². The maximum Gasteiger partial charge on any atom is 0.353 e. The number of hydrogen-bond donors (Lipinski definition) is 2. The topological polar surface area (TPSA) is 87.1 Å². The van der Waals surface area contributed by atoms with E-state index in [4.69, 9.17) is 9.53 Å². The van der Waals surface area contributed by atoms with E-state index in [1.165, 1.54) is 16.7 Å². The Bertz CT molecular complexity index is 569. The molecule has 2 N–H and O–H groups in total. The van der Waals surface area contributed by atoms with E-state index in [9.17, 15) is 14.7 Å². The predicted octanol–water partition coefficient (Wildman–Crippen LogP) is 1.99. The number of aliphatic hydroxyl groups is 1. The molecule has 0 aromatic carbocycles. The Morgan fingerprint density at radius 3 is 2.70 bits per heavy atom. The van der Waals surface area contributed by atoms with Gasteiger partial charge in [-0.25, -0.2) is 4.79 Å². The van der Waals surface area contributed by atoms with Crippen LogP contribution in [0.1, 0.15) is 13.3 Å². The van der Waals surface area contributed by atoms with Crippen molar-refractivity contribution in [3.05, 3.63) is 22.1 Å². The van der Waals surface area contributed by atoms with E-state index in [0.29, 0.717) is 11.3 Å². The van der Waals surface area contributed by atoms with Gasteiger partial charge in [0, 0.05) is 11.3 Å².